The molecule has 32 heavy (non-hydrogen) atoms. The summed E-state index contributed by atoms with van der Waals surface area (Å²) in [6, 6.07) is 16.7. The lowest BCUT2D eigenvalue weighted by Gasteiger charge is -2.32. The SMILES string of the molecule is CC(C)(c1ccc2c(c1)C(c1cccc(Cl)c1)Oc1cccc(OC(F)F)c1-2)S(N)(=O)=O. The molecule has 3 aromatic rings. The molecule has 0 saturated heterocycles. The number of halogens is 3. The Balaban J connectivity index is 1.98. The Morgan fingerprint density at radius 3 is 2.47 bits per heavy atom. The van der Waals surface area contributed by atoms with Crippen LogP contribution in [0.2, 0.25) is 5.02 Å². The zero-order valence-electron chi connectivity index (χ0n) is 17.2. The predicted octanol–water partition coefficient (Wildman–Crippen LogP) is 5.61. The quantitative estimate of drug-likeness (QED) is 0.515. The number of hydrogen-bond donors (Lipinski definition) is 1. The van der Waals surface area contributed by atoms with E-state index < -0.39 is 27.5 Å². The summed E-state index contributed by atoms with van der Waals surface area (Å²) in [7, 11) is -3.94. The van der Waals surface area contributed by atoms with Gasteiger partial charge in [-0.15, -0.1) is 0 Å². The highest BCUT2D eigenvalue weighted by molar-refractivity contribution is 7.90. The molecule has 3 aromatic carbocycles. The topological polar surface area (TPSA) is 78.6 Å². The lowest BCUT2D eigenvalue weighted by atomic mass is 9.86. The average Bonchev–Trinajstić information content (AvgIpc) is 2.71. The second-order valence-corrected chi connectivity index (χ2v) is 10.5. The third-order valence-electron chi connectivity index (χ3n) is 5.61. The summed E-state index contributed by atoms with van der Waals surface area (Å²) in [5.41, 5.74) is 2.68. The number of fused-ring (bicyclic) bond motifs is 3. The van der Waals surface area contributed by atoms with Crippen molar-refractivity contribution in [2.24, 2.45) is 5.14 Å². The van der Waals surface area contributed by atoms with Crippen molar-refractivity contribution in [1.82, 2.24) is 0 Å². The molecule has 4 rings (SSSR count). The van der Waals surface area contributed by atoms with E-state index in [1.54, 1.807) is 48.5 Å². The van der Waals surface area contributed by atoms with Crippen molar-refractivity contribution in [3.8, 4) is 22.6 Å². The van der Waals surface area contributed by atoms with Gasteiger partial charge in [0.25, 0.3) is 0 Å². The van der Waals surface area contributed by atoms with Crippen molar-refractivity contribution in [3.05, 3.63) is 82.4 Å². The first-order chi connectivity index (χ1) is 15.0. The van der Waals surface area contributed by atoms with Crippen LogP contribution < -0.4 is 14.6 Å². The fraction of sp³-hybridized carbons (Fsp3) is 0.217. The number of ether oxygens (including phenoxy) is 2. The van der Waals surface area contributed by atoms with E-state index in [4.69, 9.17) is 26.2 Å². The van der Waals surface area contributed by atoms with Gasteiger partial charge in [-0.25, -0.2) is 13.6 Å². The van der Waals surface area contributed by atoms with Crippen LogP contribution in [0.4, 0.5) is 8.78 Å². The zero-order chi connectivity index (χ0) is 23.3. The standard InChI is InChI=1S/C23H20ClF2NO4S/c1-23(2,32(27,28)29)14-9-10-16-17(12-14)21(13-5-3-6-15(24)11-13)30-18-7-4-8-19(20(16)18)31-22(25)26/h3-12,21-22H,1-2H3,(H2,27,28,29). The van der Waals surface area contributed by atoms with E-state index in [-0.39, 0.29) is 5.75 Å². The van der Waals surface area contributed by atoms with E-state index >= 15 is 0 Å². The maximum Gasteiger partial charge on any atom is 0.387 e. The van der Waals surface area contributed by atoms with Crippen molar-refractivity contribution in [1.29, 1.82) is 0 Å². The molecule has 0 fully saturated rings. The minimum absolute atomic E-state index is 0.0400. The van der Waals surface area contributed by atoms with E-state index in [1.165, 1.54) is 19.9 Å². The van der Waals surface area contributed by atoms with Crippen LogP contribution in [-0.2, 0) is 14.8 Å². The molecule has 1 aliphatic rings. The summed E-state index contributed by atoms with van der Waals surface area (Å²) in [5.74, 6) is 0.320. The summed E-state index contributed by atoms with van der Waals surface area (Å²) >= 11 is 6.18. The molecule has 9 heteroatoms. The molecule has 1 aliphatic heterocycles. The normalized spacial score (nSPS) is 15.7. The summed E-state index contributed by atoms with van der Waals surface area (Å²) in [4.78, 5) is 0. The number of rotatable bonds is 5. The number of primary sulfonamides is 1. The molecule has 0 spiro atoms. The lowest BCUT2D eigenvalue weighted by molar-refractivity contribution is -0.0496. The van der Waals surface area contributed by atoms with Crippen LogP contribution in [-0.4, -0.2) is 15.0 Å². The molecule has 0 bridgehead atoms. The first-order valence-corrected chi connectivity index (χ1v) is 11.6. The van der Waals surface area contributed by atoms with Gasteiger partial charge in [0.15, 0.2) is 0 Å². The number of sulfonamides is 1. The molecule has 0 aromatic heterocycles. The molecular formula is C23H20ClF2NO4S. The van der Waals surface area contributed by atoms with Crippen molar-refractivity contribution in [2.45, 2.75) is 31.3 Å². The highest BCUT2D eigenvalue weighted by Crippen LogP contribution is 2.50. The zero-order valence-corrected chi connectivity index (χ0v) is 18.8. The van der Waals surface area contributed by atoms with Gasteiger partial charge in [-0.2, -0.15) is 8.78 Å². The largest absolute Gasteiger partial charge is 0.480 e. The Morgan fingerprint density at radius 1 is 1.09 bits per heavy atom. The Morgan fingerprint density at radius 2 is 1.81 bits per heavy atom. The second kappa shape index (κ2) is 8.03. The third kappa shape index (κ3) is 3.94. The van der Waals surface area contributed by atoms with Gasteiger partial charge in [0.05, 0.1) is 5.56 Å². The Hall–Kier alpha value is -2.68. The molecular weight excluding hydrogens is 460 g/mol. The van der Waals surface area contributed by atoms with Crippen LogP contribution in [0.15, 0.2) is 60.7 Å². The Bertz CT molecular complexity index is 1290. The second-order valence-electron chi connectivity index (χ2n) is 7.92. The van der Waals surface area contributed by atoms with Crippen molar-refractivity contribution < 1.29 is 26.7 Å². The Kier molecular flexibility index (Phi) is 5.65. The lowest BCUT2D eigenvalue weighted by Crippen LogP contribution is -2.35. The first-order valence-electron chi connectivity index (χ1n) is 9.66. The van der Waals surface area contributed by atoms with Crippen LogP contribution in [0.5, 0.6) is 11.5 Å². The molecule has 5 nitrogen and oxygen atoms in total. The van der Waals surface area contributed by atoms with E-state index in [0.29, 0.717) is 33.0 Å². The van der Waals surface area contributed by atoms with Crippen LogP contribution in [0.25, 0.3) is 11.1 Å². The maximum atomic E-state index is 13.0. The number of benzene rings is 3. The maximum absolute atomic E-state index is 13.0. The molecule has 0 aliphatic carbocycles. The van der Waals surface area contributed by atoms with Gasteiger partial charge >= 0.3 is 6.61 Å². The van der Waals surface area contributed by atoms with Crippen LogP contribution in [0.3, 0.4) is 0 Å². The molecule has 2 N–H and O–H groups in total. The minimum Gasteiger partial charge on any atom is -0.480 e. The monoisotopic (exact) mass is 479 g/mol. The average molecular weight is 480 g/mol. The van der Waals surface area contributed by atoms with Crippen molar-refractivity contribution in [3.63, 3.8) is 0 Å². The van der Waals surface area contributed by atoms with Gasteiger partial charge in [0, 0.05) is 10.6 Å². The van der Waals surface area contributed by atoms with Gasteiger partial charge < -0.3 is 9.47 Å². The van der Waals surface area contributed by atoms with E-state index in [0.717, 1.165) is 5.56 Å². The van der Waals surface area contributed by atoms with Gasteiger partial charge in [-0.05, 0) is 60.9 Å². The third-order valence-corrected chi connectivity index (χ3v) is 7.50. The number of nitrogens with two attached hydrogens (primary N) is 1. The molecule has 168 valence electrons. The van der Waals surface area contributed by atoms with Crippen molar-refractivity contribution in [2.75, 3.05) is 0 Å². The fourth-order valence-electron chi connectivity index (χ4n) is 3.72. The summed E-state index contributed by atoms with van der Waals surface area (Å²) < 4.78 is 60.1. The van der Waals surface area contributed by atoms with E-state index in [9.17, 15) is 17.2 Å². The van der Waals surface area contributed by atoms with Gasteiger partial charge in [0.1, 0.15) is 22.4 Å². The van der Waals surface area contributed by atoms with E-state index in [2.05, 4.69) is 0 Å². The highest BCUT2D eigenvalue weighted by Gasteiger charge is 2.36. The van der Waals surface area contributed by atoms with Crippen molar-refractivity contribution >= 4 is 21.6 Å². The number of hydrogen-bond acceptors (Lipinski definition) is 4. The van der Waals surface area contributed by atoms with Gasteiger partial charge in [-0.3, -0.25) is 0 Å². The molecule has 1 unspecified atom stereocenters. The fourth-order valence-corrected chi connectivity index (χ4v) is 4.38. The highest BCUT2D eigenvalue weighted by atomic mass is 35.5. The summed E-state index contributed by atoms with van der Waals surface area (Å²) in [6.07, 6.45) is -0.658. The Labute approximate surface area is 189 Å². The summed E-state index contributed by atoms with van der Waals surface area (Å²) in [5, 5.41) is 5.96. The summed E-state index contributed by atoms with van der Waals surface area (Å²) in [6.45, 7) is -0.0146. The minimum atomic E-state index is -3.94. The molecule has 0 amide bonds. The smallest absolute Gasteiger partial charge is 0.387 e. The molecule has 0 radical (unpaired) electrons. The molecule has 1 atom stereocenters. The van der Waals surface area contributed by atoms with Crippen LogP contribution in [0, 0.1) is 0 Å². The van der Waals surface area contributed by atoms with Crippen LogP contribution >= 0.6 is 11.6 Å². The number of alkyl halides is 2. The van der Waals surface area contributed by atoms with Crippen LogP contribution in [0.1, 0.15) is 36.6 Å². The predicted molar refractivity (Wildman–Crippen MR) is 119 cm³/mol. The van der Waals surface area contributed by atoms with Gasteiger partial charge in [-0.1, -0.05) is 41.9 Å². The molecule has 1 heterocycles. The first kappa shape index (κ1) is 22.5. The van der Waals surface area contributed by atoms with Gasteiger partial charge in [0.2, 0.25) is 10.0 Å². The molecule has 0 saturated carbocycles. The van der Waals surface area contributed by atoms with E-state index in [1.807, 2.05) is 6.07 Å².